The van der Waals surface area contributed by atoms with E-state index in [-0.39, 0.29) is 29.5 Å². The topological polar surface area (TPSA) is 196 Å². The van der Waals surface area contributed by atoms with Crippen LogP contribution in [-0.4, -0.2) is 65.8 Å². The van der Waals surface area contributed by atoms with Gasteiger partial charge in [0.05, 0.1) is 45.3 Å². The molecule has 4 aliphatic carbocycles. The van der Waals surface area contributed by atoms with E-state index in [4.69, 9.17) is 9.57 Å². The number of hydrogen-bond donors (Lipinski definition) is 4. The fourth-order valence-electron chi connectivity index (χ4n) is 6.25. The molecule has 1 aromatic carbocycles. The second kappa shape index (κ2) is 10.1. The molecule has 226 valence electrons. The average molecular weight is 666 g/mol. The molecule has 0 fully saturated rings. The largest absolute Gasteiger partial charge is 0.510 e. The summed E-state index contributed by atoms with van der Waals surface area (Å²) >= 11 is 3.50. The number of aliphatic hydroxyl groups excluding tert-OH is 2. The van der Waals surface area contributed by atoms with Crippen LogP contribution in [0, 0.1) is 10.4 Å². The highest BCUT2D eigenvalue weighted by Crippen LogP contribution is 2.56. The van der Waals surface area contributed by atoms with Gasteiger partial charge >= 0.3 is 0 Å². The molecule has 0 bridgehead atoms. The van der Waals surface area contributed by atoms with Crippen molar-refractivity contribution in [3.05, 3.63) is 106 Å². The molecule has 44 heavy (non-hydrogen) atoms. The zero-order chi connectivity index (χ0) is 31.8. The molecule has 0 unspecified atom stereocenters. The average Bonchev–Trinajstić information content (AvgIpc) is 3.48. The number of nitrogens with zero attached hydrogens (tertiary/aromatic N) is 2. The van der Waals surface area contributed by atoms with Crippen molar-refractivity contribution in [3.63, 3.8) is 0 Å². The molecule has 0 amide bonds. The minimum absolute atomic E-state index is 0.0906. The number of fused-ring (bicyclic) bond motifs is 4. The molecule has 1 atom stereocenters. The van der Waals surface area contributed by atoms with E-state index in [2.05, 4.69) is 26.1 Å². The lowest BCUT2D eigenvalue weighted by Gasteiger charge is -2.27. The van der Waals surface area contributed by atoms with Gasteiger partial charge in [0.2, 0.25) is 16.3 Å². The number of aliphatic hydroxyl groups is 2. The van der Waals surface area contributed by atoms with Crippen LogP contribution in [0.1, 0.15) is 23.2 Å². The fraction of sp³-hybridized carbons (Fsp3) is 0.267. The van der Waals surface area contributed by atoms with Crippen molar-refractivity contribution in [1.29, 1.82) is 0 Å². The van der Waals surface area contributed by atoms with E-state index in [0.717, 1.165) is 13.2 Å². The van der Waals surface area contributed by atoms with Gasteiger partial charge in [0.1, 0.15) is 29.3 Å². The third-order valence-electron chi connectivity index (χ3n) is 8.27. The zero-order valence-electron chi connectivity index (χ0n) is 23.5. The van der Waals surface area contributed by atoms with Crippen LogP contribution in [0.4, 0.5) is 0 Å². The molecule has 1 aromatic heterocycles. The Morgan fingerprint density at radius 1 is 1.00 bits per heavy atom. The summed E-state index contributed by atoms with van der Waals surface area (Å²) in [5, 5.41) is 35.9. The molecule has 0 saturated heterocycles. The van der Waals surface area contributed by atoms with Crippen LogP contribution in [0.5, 0.6) is 11.5 Å². The number of aromatic nitrogens is 1. The molecule has 1 heterocycles. The smallest absolute Gasteiger partial charge is 0.260 e. The van der Waals surface area contributed by atoms with E-state index in [1.165, 1.54) is 6.21 Å². The minimum Gasteiger partial charge on any atom is -0.510 e. The van der Waals surface area contributed by atoms with Gasteiger partial charge in [-0.05, 0) is 54.5 Å². The summed E-state index contributed by atoms with van der Waals surface area (Å²) in [6, 6.07) is 2.34. The van der Waals surface area contributed by atoms with Crippen LogP contribution in [0.3, 0.4) is 0 Å². The summed E-state index contributed by atoms with van der Waals surface area (Å²) < 4.78 is 5.27. The Morgan fingerprint density at radius 3 is 2.30 bits per heavy atom. The maximum atomic E-state index is 13.6. The maximum absolute atomic E-state index is 13.6. The highest BCUT2D eigenvalue weighted by Gasteiger charge is 2.53. The van der Waals surface area contributed by atoms with E-state index >= 15 is 0 Å². The first-order valence-electron chi connectivity index (χ1n) is 13.3. The molecule has 1 spiro atoms. The monoisotopic (exact) mass is 665 g/mol. The normalized spacial score (nSPS) is 17.5. The van der Waals surface area contributed by atoms with E-state index in [1.54, 1.807) is 6.07 Å². The Bertz CT molecular complexity index is 2450. The summed E-state index contributed by atoms with van der Waals surface area (Å²) in [5.41, 5.74) is -6.39. The van der Waals surface area contributed by atoms with Crippen LogP contribution >= 0.6 is 15.9 Å². The van der Waals surface area contributed by atoms with E-state index in [1.807, 2.05) is 19.0 Å². The van der Waals surface area contributed by atoms with E-state index < -0.39 is 76.6 Å². The number of benzene rings is 1. The quantitative estimate of drug-likeness (QED) is 0.114. The number of likely N-dealkylation sites (N-methyl/N-ethyl adjacent to an activating group) is 1. The first-order valence-corrected chi connectivity index (χ1v) is 14.1. The van der Waals surface area contributed by atoms with Crippen molar-refractivity contribution >= 4 is 44.4 Å². The second-order valence-electron chi connectivity index (χ2n) is 10.9. The molecule has 13 nitrogen and oxygen atoms in total. The van der Waals surface area contributed by atoms with Crippen LogP contribution < -0.4 is 42.4 Å². The lowest BCUT2D eigenvalue weighted by atomic mass is 9.78. The molecule has 4 N–H and O–H groups in total. The number of rotatable bonds is 6. The molecular weight excluding hydrogens is 642 g/mol. The predicted octanol–water partition coefficient (Wildman–Crippen LogP) is -0.812. The highest BCUT2D eigenvalue weighted by molar-refractivity contribution is 9.10. The third-order valence-corrected chi connectivity index (χ3v) is 9.18. The van der Waals surface area contributed by atoms with E-state index in [0.29, 0.717) is 28.6 Å². The number of phenols is 1. The Balaban J connectivity index is 1.63. The van der Waals surface area contributed by atoms with Gasteiger partial charge in [0, 0.05) is 28.0 Å². The van der Waals surface area contributed by atoms with Crippen LogP contribution in [0.15, 0.2) is 45.7 Å². The number of aromatic amines is 1. The number of phenolic OH excluding ortho intramolecular Hbond substituents is 1. The lowest BCUT2D eigenvalue weighted by Crippen LogP contribution is -2.51. The number of hydrogen-bond acceptors (Lipinski definition) is 12. The first kappa shape index (κ1) is 29.3. The van der Waals surface area contributed by atoms with Gasteiger partial charge in [0.15, 0.2) is 11.2 Å². The Morgan fingerprint density at radius 2 is 1.66 bits per heavy atom. The van der Waals surface area contributed by atoms with Gasteiger partial charge in [0.25, 0.3) is 5.56 Å². The van der Waals surface area contributed by atoms with Gasteiger partial charge in [-0.1, -0.05) is 5.16 Å². The van der Waals surface area contributed by atoms with Gasteiger partial charge in [-0.3, -0.25) is 24.0 Å². The standard InChI is InChI=1S/C30H24BrN3O10/c1-34(2)6-7-44-32-10-11-8-13-16(29(42)33-11)26(39)21-12(22(13)31)4-5-30(21)27(40)19-20(28(30)41)25(38)18-17(24(19)37)14(35)9-15(43-3)23(18)36/h8-10,39-41H,4-7H2,1-3H3,(H,33,42)/t30-/m0/s1. The van der Waals surface area contributed by atoms with Crippen molar-refractivity contribution in [2.75, 3.05) is 34.4 Å². The number of aromatic hydroxyl groups is 1. The summed E-state index contributed by atoms with van der Waals surface area (Å²) in [5.74, 6) is -2.60. The number of oxime groups is 1. The molecule has 0 saturated carbocycles. The van der Waals surface area contributed by atoms with Crippen molar-refractivity contribution in [1.82, 2.24) is 9.88 Å². The zero-order valence-corrected chi connectivity index (χ0v) is 25.1. The number of nitrogens with one attached hydrogen (secondary N) is 1. The van der Waals surface area contributed by atoms with Gasteiger partial charge in [-0.25, -0.2) is 0 Å². The maximum Gasteiger partial charge on any atom is 0.260 e. The Labute approximate surface area is 253 Å². The van der Waals surface area contributed by atoms with Crippen molar-refractivity contribution < 1.29 is 24.9 Å². The number of halogens is 1. The predicted molar refractivity (Wildman–Crippen MR) is 163 cm³/mol. The molecule has 4 aliphatic rings. The number of H-pyrrole nitrogens is 1. The Kier molecular flexibility index (Phi) is 6.74. The third kappa shape index (κ3) is 3.80. The molecular formula is C30H24BrN3O10. The summed E-state index contributed by atoms with van der Waals surface area (Å²) in [7, 11) is 4.88. The molecule has 2 aromatic rings. The second-order valence-corrected chi connectivity index (χ2v) is 11.7. The van der Waals surface area contributed by atoms with Gasteiger partial charge in [-0.2, -0.15) is 0 Å². The van der Waals surface area contributed by atoms with Crippen LogP contribution in [-0.2, 0) is 16.7 Å². The lowest BCUT2D eigenvalue weighted by molar-refractivity contribution is 0.127. The molecule has 6 rings (SSSR count). The van der Waals surface area contributed by atoms with Crippen LogP contribution in [0.25, 0.3) is 22.3 Å². The fourth-order valence-corrected chi connectivity index (χ4v) is 6.96. The summed E-state index contributed by atoms with van der Waals surface area (Å²) in [6.07, 6.45) is 1.32. The molecule has 0 radical (unpaired) electrons. The highest BCUT2D eigenvalue weighted by atomic mass is 79.9. The first-order chi connectivity index (χ1) is 20.9. The number of methoxy groups -OCH3 is 1. The summed E-state index contributed by atoms with van der Waals surface area (Å²) in [4.78, 5) is 76.0. The summed E-state index contributed by atoms with van der Waals surface area (Å²) in [6.45, 7) is 0.938. The number of ether oxygens (including phenoxy) is 1. The molecule has 0 aliphatic heterocycles. The molecule has 14 heteroatoms. The van der Waals surface area contributed by atoms with Crippen molar-refractivity contribution in [3.8, 4) is 11.5 Å². The van der Waals surface area contributed by atoms with Crippen molar-refractivity contribution in [2.45, 2.75) is 18.3 Å². The minimum atomic E-state index is -2.00. The van der Waals surface area contributed by atoms with Gasteiger partial charge < -0.3 is 34.8 Å². The number of pyridine rings is 1. The van der Waals surface area contributed by atoms with Gasteiger partial charge in [-0.15, -0.1) is 0 Å². The van der Waals surface area contributed by atoms with Crippen LogP contribution in [0.2, 0.25) is 0 Å². The van der Waals surface area contributed by atoms with E-state index in [9.17, 15) is 39.3 Å². The SMILES string of the molecule is COc1cc(=O)c2c(=O)c3c(c(=O)c=2c1=O)=C(O)[C@]1(CCc2c1c(O)c1c(=O)[nH]c(C=NOCCN(C)C)cc1c2Br)C=3O. The van der Waals surface area contributed by atoms with Crippen molar-refractivity contribution in [2.24, 2.45) is 5.16 Å². The Hall–Kier alpha value is -4.82.